The summed E-state index contributed by atoms with van der Waals surface area (Å²) in [7, 11) is 0. The largest absolute Gasteiger partial charge is 0.481 e. The maximum Gasteiger partial charge on any atom is 0.308 e. The average molecular weight is 334 g/mol. The van der Waals surface area contributed by atoms with Gasteiger partial charge in [-0.2, -0.15) is 0 Å². The summed E-state index contributed by atoms with van der Waals surface area (Å²) < 4.78 is 12.9. The molecular formula is C16H15FN2O3S. The molecular weight excluding hydrogens is 319 g/mol. The molecule has 1 aromatic heterocycles. The standard InChI is InChI=1S/C16H15FN2O3S/c17-12-3-1-10(2-4-12)7-14-18-8-13(23-14)15(20)19-6-5-11(9-19)16(21)22/h1-4,8,11H,5-7,9H2,(H,21,22)/t11-/m0/s1. The van der Waals surface area contributed by atoms with Crippen molar-refractivity contribution in [1.29, 1.82) is 0 Å². The van der Waals surface area contributed by atoms with E-state index < -0.39 is 11.9 Å². The molecule has 7 heteroatoms. The van der Waals surface area contributed by atoms with Gasteiger partial charge in [0.1, 0.15) is 10.7 Å². The van der Waals surface area contributed by atoms with Gasteiger partial charge in [-0.25, -0.2) is 9.37 Å². The molecule has 2 aromatic rings. The van der Waals surface area contributed by atoms with Crippen molar-refractivity contribution in [3.63, 3.8) is 0 Å². The van der Waals surface area contributed by atoms with Crippen molar-refractivity contribution in [3.05, 3.63) is 51.7 Å². The van der Waals surface area contributed by atoms with Crippen molar-refractivity contribution >= 4 is 23.2 Å². The van der Waals surface area contributed by atoms with E-state index in [1.807, 2.05) is 0 Å². The van der Waals surface area contributed by atoms with Crippen molar-refractivity contribution in [3.8, 4) is 0 Å². The fourth-order valence-electron chi connectivity index (χ4n) is 2.57. The molecule has 5 nitrogen and oxygen atoms in total. The van der Waals surface area contributed by atoms with Crippen molar-refractivity contribution in [1.82, 2.24) is 9.88 Å². The van der Waals surface area contributed by atoms with E-state index in [-0.39, 0.29) is 18.3 Å². The third-order valence-corrected chi connectivity index (χ3v) is 4.84. The molecule has 23 heavy (non-hydrogen) atoms. The Labute approximate surface area is 136 Å². The summed E-state index contributed by atoms with van der Waals surface area (Å²) in [4.78, 5) is 29.7. The molecule has 2 heterocycles. The van der Waals surface area contributed by atoms with E-state index in [2.05, 4.69) is 4.98 Å². The summed E-state index contributed by atoms with van der Waals surface area (Å²) >= 11 is 1.29. The van der Waals surface area contributed by atoms with Crippen LogP contribution in [0.5, 0.6) is 0 Å². The first kappa shape index (κ1) is 15.6. The first-order valence-corrected chi connectivity index (χ1v) is 8.06. The van der Waals surface area contributed by atoms with Gasteiger partial charge in [0.05, 0.1) is 17.1 Å². The Hall–Kier alpha value is -2.28. The monoisotopic (exact) mass is 334 g/mol. The molecule has 1 saturated heterocycles. The predicted octanol–water partition coefficient (Wildman–Crippen LogP) is 2.42. The van der Waals surface area contributed by atoms with Crippen LogP contribution in [-0.4, -0.2) is 40.0 Å². The number of aromatic nitrogens is 1. The molecule has 0 aliphatic carbocycles. The molecule has 3 rings (SSSR count). The highest BCUT2D eigenvalue weighted by molar-refractivity contribution is 7.13. The van der Waals surface area contributed by atoms with E-state index in [1.165, 1.54) is 29.7 Å². The molecule has 0 bridgehead atoms. The van der Waals surface area contributed by atoms with Crippen LogP contribution in [0.25, 0.3) is 0 Å². The number of carboxylic acids is 1. The second kappa shape index (κ2) is 6.45. The minimum Gasteiger partial charge on any atom is -0.481 e. The molecule has 1 aliphatic heterocycles. The Kier molecular flexibility index (Phi) is 4.38. The summed E-state index contributed by atoms with van der Waals surface area (Å²) in [6.07, 6.45) is 2.55. The van der Waals surface area contributed by atoms with E-state index >= 15 is 0 Å². The number of likely N-dealkylation sites (tertiary alicyclic amines) is 1. The minimum atomic E-state index is -0.860. The van der Waals surface area contributed by atoms with E-state index in [0.717, 1.165) is 10.6 Å². The Morgan fingerprint density at radius 2 is 2.09 bits per heavy atom. The predicted molar refractivity (Wildman–Crippen MR) is 83.0 cm³/mol. The minimum absolute atomic E-state index is 0.170. The third kappa shape index (κ3) is 3.56. The van der Waals surface area contributed by atoms with Crippen LogP contribution in [0, 0.1) is 11.7 Å². The van der Waals surface area contributed by atoms with Crippen LogP contribution in [-0.2, 0) is 11.2 Å². The third-order valence-electron chi connectivity index (χ3n) is 3.86. The number of hydrogen-bond acceptors (Lipinski definition) is 4. The highest BCUT2D eigenvalue weighted by atomic mass is 32.1. The lowest BCUT2D eigenvalue weighted by Crippen LogP contribution is -2.29. The van der Waals surface area contributed by atoms with Gasteiger partial charge in [0.2, 0.25) is 0 Å². The number of thiazole rings is 1. The first-order chi connectivity index (χ1) is 11.0. The number of nitrogens with zero attached hydrogens (tertiary/aromatic N) is 2. The summed E-state index contributed by atoms with van der Waals surface area (Å²) in [5, 5.41) is 9.77. The van der Waals surface area contributed by atoms with E-state index in [4.69, 9.17) is 5.11 Å². The number of rotatable bonds is 4. The lowest BCUT2D eigenvalue weighted by Gasteiger charge is -2.13. The quantitative estimate of drug-likeness (QED) is 0.932. The number of carbonyl (C=O) groups is 2. The van der Waals surface area contributed by atoms with Gasteiger partial charge in [-0.15, -0.1) is 11.3 Å². The summed E-state index contributed by atoms with van der Waals surface area (Å²) in [5.41, 5.74) is 0.923. The molecule has 1 aliphatic rings. The molecule has 1 amide bonds. The maximum atomic E-state index is 12.9. The van der Waals surface area contributed by atoms with Crippen LogP contribution in [0.15, 0.2) is 30.5 Å². The first-order valence-electron chi connectivity index (χ1n) is 7.24. The van der Waals surface area contributed by atoms with Gasteiger partial charge < -0.3 is 10.0 Å². The van der Waals surface area contributed by atoms with Crippen molar-refractivity contribution < 1.29 is 19.1 Å². The summed E-state index contributed by atoms with van der Waals surface area (Å²) in [6.45, 7) is 0.709. The average Bonchev–Trinajstić information content (AvgIpc) is 3.18. The number of amides is 1. The zero-order valence-corrected chi connectivity index (χ0v) is 13.1. The van der Waals surface area contributed by atoms with Crippen LogP contribution < -0.4 is 0 Å². The lowest BCUT2D eigenvalue weighted by molar-refractivity contribution is -0.141. The summed E-state index contributed by atoms with van der Waals surface area (Å²) in [5.74, 6) is -1.80. The Bertz CT molecular complexity index is 729. The second-order valence-electron chi connectivity index (χ2n) is 5.50. The molecule has 0 spiro atoms. The lowest BCUT2D eigenvalue weighted by atomic mass is 10.1. The molecule has 1 atom stereocenters. The Balaban J connectivity index is 1.66. The SMILES string of the molecule is O=C(O)[C@H]1CCN(C(=O)c2cnc(Cc3ccc(F)cc3)s2)C1. The van der Waals surface area contributed by atoms with Gasteiger partial charge in [-0.05, 0) is 24.1 Å². The highest BCUT2D eigenvalue weighted by Gasteiger charge is 2.31. The molecule has 0 radical (unpaired) electrons. The Morgan fingerprint density at radius 1 is 1.35 bits per heavy atom. The number of carboxylic acid groups (broad SMARTS) is 1. The van der Waals surface area contributed by atoms with Gasteiger partial charge in [0.15, 0.2) is 0 Å². The highest BCUT2D eigenvalue weighted by Crippen LogP contribution is 2.23. The number of halogens is 1. The van der Waals surface area contributed by atoms with E-state index in [0.29, 0.717) is 24.3 Å². The maximum absolute atomic E-state index is 12.9. The van der Waals surface area contributed by atoms with E-state index in [9.17, 15) is 14.0 Å². The van der Waals surface area contributed by atoms with Gasteiger partial charge in [0, 0.05) is 19.5 Å². The molecule has 0 unspecified atom stereocenters. The van der Waals surface area contributed by atoms with Crippen molar-refractivity contribution in [2.24, 2.45) is 5.92 Å². The smallest absolute Gasteiger partial charge is 0.308 e. The molecule has 1 fully saturated rings. The molecule has 0 saturated carbocycles. The van der Waals surface area contributed by atoms with Crippen LogP contribution in [0.4, 0.5) is 4.39 Å². The van der Waals surface area contributed by atoms with Crippen molar-refractivity contribution in [2.75, 3.05) is 13.1 Å². The zero-order chi connectivity index (χ0) is 16.4. The molecule has 1 N–H and O–H groups in total. The Morgan fingerprint density at radius 3 is 2.74 bits per heavy atom. The fraction of sp³-hybridized carbons (Fsp3) is 0.312. The van der Waals surface area contributed by atoms with Gasteiger partial charge >= 0.3 is 5.97 Å². The number of benzene rings is 1. The van der Waals surface area contributed by atoms with Gasteiger partial charge in [-0.3, -0.25) is 9.59 Å². The van der Waals surface area contributed by atoms with Crippen LogP contribution in [0.3, 0.4) is 0 Å². The number of hydrogen-bond donors (Lipinski definition) is 1. The van der Waals surface area contributed by atoms with Gasteiger partial charge in [0.25, 0.3) is 5.91 Å². The number of carbonyl (C=O) groups excluding carboxylic acids is 1. The molecule has 120 valence electrons. The van der Waals surface area contributed by atoms with E-state index in [1.54, 1.807) is 17.0 Å². The van der Waals surface area contributed by atoms with Crippen LogP contribution >= 0.6 is 11.3 Å². The normalized spacial score (nSPS) is 17.4. The van der Waals surface area contributed by atoms with Crippen LogP contribution in [0.2, 0.25) is 0 Å². The number of aliphatic carboxylic acids is 1. The topological polar surface area (TPSA) is 70.5 Å². The second-order valence-corrected chi connectivity index (χ2v) is 6.61. The molecule has 1 aromatic carbocycles. The summed E-state index contributed by atoms with van der Waals surface area (Å²) in [6, 6.07) is 6.17. The van der Waals surface area contributed by atoms with Gasteiger partial charge in [-0.1, -0.05) is 12.1 Å². The zero-order valence-electron chi connectivity index (χ0n) is 12.2. The van der Waals surface area contributed by atoms with Crippen molar-refractivity contribution in [2.45, 2.75) is 12.8 Å². The van der Waals surface area contributed by atoms with Crippen LogP contribution in [0.1, 0.15) is 26.7 Å². The fourth-order valence-corrected chi connectivity index (χ4v) is 3.49.